The van der Waals surface area contributed by atoms with Gasteiger partial charge in [-0.1, -0.05) is 18.2 Å². The van der Waals surface area contributed by atoms with Crippen molar-refractivity contribution in [1.29, 1.82) is 0 Å². The van der Waals surface area contributed by atoms with Gasteiger partial charge in [0, 0.05) is 42.1 Å². The Morgan fingerprint density at radius 3 is 2.52 bits per heavy atom. The maximum atomic E-state index is 12.3. The van der Waals surface area contributed by atoms with Crippen molar-refractivity contribution >= 4 is 39.1 Å². The molecule has 1 aliphatic rings. The predicted molar refractivity (Wildman–Crippen MR) is 103 cm³/mol. The molecule has 0 aliphatic carbocycles. The lowest BCUT2D eigenvalue weighted by molar-refractivity contribution is -0.131. The number of carbonyl (C=O) groups is 2. The van der Waals surface area contributed by atoms with Crippen molar-refractivity contribution in [2.75, 3.05) is 32.7 Å². The number of nitrogens with zero attached hydrogens (tertiary/aromatic N) is 2. The maximum Gasteiger partial charge on any atom is 0.252 e. The number of halogens is 1. The fourth-order valence-electron chi connectivity index (χ4n) is 2.79. The van der Waals surface area contributed by atoms with Gasteiger partial charge in [-0.05, 0) is 39.5 Å². The van der Waals surface area contributed by atoms with E-state index in [1.165, 1.54) is 4.88 Å². The average molecular weight is 422 g/mol. The molecule has 0 saturated carbocycles. The first-order chi connectivity index (χ1) is 12.1. The van der Waals surface area contributed by atoms with Crippen LogP contribution in [0.2, 0.25) is 0 Å². The summed E-state index contributed by atoms with van der Waals surface area (Å²) < 4.78 is 0.724. The van der Waals surface area contributed by atoms with E-state index in [1.54, 1.807) is 23.5 Å². The SMILES string of the molecule is O=C(NCC(=O)N1CCN(Cc2cccs2)CC1)c1ccccc1Br. The van der Waals surface area contributed by atoms with Crippen LogP contribution in [-0.4, -0.2) is 54.3 Å². The van der Waals surface area contributed by atoms with E-state index >= 15 is 0 Å². The molecule has 7 heteroatoms. The minimum atomic E-state index is -0.239. The van der Waals surface area contributed by atoms with Gasteiger partial charge >= 0.3 is 0 Å². The monoisotopic (exact) mass is 421 g/mol. The fourth-order valence-corrected chi connectivity index (χ4v) is 4.00. The Morgan fingerprint density at radius 2 is 1.84 bits per heavy atom. The van der Waals surface area contributed by atoms with E-state index in [0.29, 0.717) is 18.7 Å². The van der Waals surface area contributed by atoms with Crippen LogP contribution >= 0.6 is 27.3 Å². The Hall–Kier alpha value is -1.70. The van der Waals surface area contributed by atoms with E-state index in [9.17, 15) is 9.59 Å². The van der Waals surface area contributed by atoms with Crippen molar-refractivity contribution in [3.63, 3.8) is 0 Å². The van der Waals surface area contributed by atoms with Gasteiger partial charge in [0.25, 0.3) is 5.91 Å². The van der Waals surface area contributed by atoms with Crippen LogP contribution in [0.4, 0.5) is 0 Å². The number of carbonyl (C=O) groups excluding carboxylic acids is 2. The molecule has 132 valence electrons. The van der Waals surface area contributed by atoms with Crippen LogP contribution in [0.1, 0.15) is 15.2 Å². The van der Waals surface area contributed by atoms with Crippen molar-refractivity contribution in [1.82, 2.24) is 15.1 Å². The van der Waals surface area contributed by atoms with Gasteiger partial charge in [-0.2, -0.15) is 0 Å². The van der Waals surface area contributed by atoms with Crippen molar-refractivity contribution in [2.24, 2.45) is 0 Å². The van der Waals surface area contributed by atoms with E-state index in [0.717, 1.165) is 24.1 Å². The molecule has 2 amide bonds. The summed E-state index contributed by atoms with van der Waals surface area (Å²) in [6.07, 6.45) is 0. The molecule has 0 radical (unpaired) electrons. The Labute approximate surface area is 159 Å². The topological polar surface area (TPSA) is 52.7 Å². The molecule has 0 atom stereocenters. The summed E-state index contributed by atoms with van der Waals surface area (Å²) in [4.78, 5) is 30.0. The number of hydrogen-bond donors (Lipinski definition) is 1. The molecule has 1 N–H and O–H groups in total. The van der Waals surface area contributed by atoms with E-state index in [-0.39, 0.29) is 18.4 Å². The summed E-state index contributed by atoms with van der Waals surface area (Å²) in [5.74, 6) is -0.270. The molecule has 2 heterocycles. The number of amides is 2. The van der Waals surface area contributed by atoms with Crippen molar-refractivity contribution in [3.05, 3.63) is 56.7 Å². The van der Waals surface area contributed by atoms with Gasteiger partial charge in [-0.3, -0.25) is 14.5 Å². The number of piperazine rings is 1. The first-order valence-electron chi connectivity index (χ1n) is 8.19. The molecule has 0 unspecified atom stereocenters. The molecule has 0 bridgehead atoms. The van der Waals surface area contributed by atoms with Crippen LogP contribution < -0.4 is 5.32 Å². The summed E-state index contributed by atoms with van der Waals surface area (Å²) in [6.45, 7) is 4.11. The number of benzene rings is 1. The molecule has 1 aromatic heterocycles. The zero-order valence-corrected chi connectivity index (χ0v) is 16.2. The number of rotatable bonds is 5. The Kier molecular flexibility index (Phi) is 6.23. The van der Waals surface area contributed by atoms with Gasteiger partial charge < -0.3 is 10.2 Å². The highest BCUT2D eigenvalue weighted by Gasteiger charge is 2.21. The van der Waals surface area contributed by atoms with E-state index in [1.807, 2.05) is 17.0 Å². The van der Waals surface area contributed by atoms with Gasteiger partial charge in [0.2, 0.25) is 5.91 Å². The minimum Gasteiger partial charge on any atom is -0.343 e. The predicted octanol–water partition coefficient (Wildman–Crippen LogP) is 2.58. The van der Waals surface area contributed by atoms with Gasteiger partial charge in [0.15, 0.2) is 0 Å². The van der Waals surface area contributed by atoms with Crippen LogP contribution in [0.5, 0.6) is 0 Å². The lowest BCUT2D eigenvalue weighted by atomic mass is 10.2. The van der Waals surface area contributed by atoms with Crippen LogP contribution in [0.3, 0.4) is 0 Å². The number of hydrogen-bond acceptors (Lipinski definition) is 4. The fraction of sp³-hybridized carbons (Fsp3) is 0.333. The maximum absolute atomic E-state index is 12.3. The second-order valence-electron chi connectivity index (χ2n) is 5.90. The lowest BCUT2D eigenvalue weighted by Gasteiger charge is -2.34. The van der Waals surface area contributed by atoms with E-state index < -0.39 is 0 Å². The quantitative estimate of drug-likeness (QED) is 0.806. The Balaban J connectivity index is 1.43. The molecule has 1 aliphatic heterocycles. The highest BCUT2D eigenvalue weighted by molar-refractivity contribution is 9.10. The van der Waals surface area contributed by atoms with Crippen LogP contribution in [0.15, 0.2) is 46.3 Å². The van der Waals surface area contributed by atoms with Gasteiger partial charge in [0.05, 0.1) is 12.1 Å². The summed E-state index contributed by atoms with van der Waals surface area (Å²) >= 11 is 5.11. The summed E-state index contributed by atoms with van der Waals surface area (Å²) in [6, 6.07) is 11.4. The van der Waals surface area contributed by atoms with E-state index in [2.05, 4.69) is 43.7 Å². The third kappa shape index (κ3) is 4.90. The molecular formula is C18H20BrN3O2S. The third-order valence-electron chi connectivity index (χ3n) is 4.20. The molecule has 5 nitrogen and oxygen atoms in total. The summed E-state index contributed by atoms with van der Waals surface area (Å²) in [5, 5.41) is 4.80. The van der Waals surface area contributed by atoms with Crippen molar-refractivity contribution in [2.45, 2.75) is 6.54 Å². The molecule has 0 spiro atoms. The third-order valence-corrected chi connectivity index (χ3v) is 5.76. The second-order valence-corrected chi connectivity index (χ2v) is 7.79. The lowest BCUT2D eigenvalue weighted by Crippen LogP contribution is -2.50. The van der Waals surface area contributed by atoms with Crippen molar-refractivity contribution < 1.29 is 9.59 Å². The van der Waals surface area contributed by atoms with Crippen LogP contribution in [0, 0.1) is 0 Å². The molecule has 1 fully saturated rings. The number of nitrogens with one attached hydrogen (secondary N) is 1. The zero-order valence-electron chi connectivity index (χ0n) is 13.8. The molecule has 1 saturated heterocycles. The highest BCUT2D eigenvalue weighted by Crippen LogP contribution is 2.16. The average Bonchev–Trinajstić information content (AvgIpc) is 3.13. The Morgan fingerprint density at radius 1 is 1.08 bits per heavy atom. The molecule has 2 aromatic rings. The molecule has 1 aromatic carbocycles. The molecule has 25 heavy (non-hydrogen) atoms. The summed E-state index contributed by atoms with van der Waals surface area (Å²) in [7, 11) is 0. The van der Waals surface area contributed by atoms with Crippen molar-refractivity contribution in [3.8, 4) is 0 Å². The normalized spacial score (nSPS) is 15.2. The second kappa shape index (κ2) is 8.60. The van der Waals surface area contributed by atoms with Crippen LogP contribution in [-0.2, 0) is 11.3 Å². The molecule has 3 rings (SSSR count). The number of thiophene rings is 1. The van der Waals surface area contributed by atoms with Gasteiger partial charge in [0.1, 0.15) is 0 Å². The largest absolute Gasteiger partial charge is 0.343 e. The van der Waals surface area contributed by atoms with Gasteiger partial charge in [-0.25, -0.2) is 0 Å². The highest BCUT2D eigenvalue weighted by atomic mass is 79.9. The minimum absolute atomic E-state index is 0.0313. The first-order valence-corrected chi connectivity index (χ1v) is 9.86. The van der Waals surface area contributed by atoms with Gasteiger partial charge in [-0.15, -0.1) is 11.3 Å². The van der Waals surface area contributed by atoms with Crippen LogP contribution in [0.25, 0.3) is 0 Å². The summed E-state index contributed by atoms with van der Waals surface area (Å²) in [5.41, 5.74) is 0.538. The Bertz CT molecular complexity index is 728. The zero-order chi connectivity index (χ0) is 17.6. The van der Waals surface area contributed by atoms with E-state index in [4.69, 9.17) is 0 Å². The smallest absolute Gasteiger partial charge is 0.252 e. The standard InChI is InChI=1S/C18H20BrN3O2S/c19-16-6-2-1-5-15(16)18(24)20-12-17(23)22-9-7-21(8-10-22)13-14-4-3-11-25-14/h1-6,11H,7-10,12-13H2,(H,20,24). The first kappa shape index (κ1) is 18.1. The molecular weight excluding hydrogens is 402 g/mol.